The standard InChI is InChI=1S/C42H66F16N4O13/c1-2-60-32(72)22(14-10-12-18-59)62-25(66)15-9-7-5-3-4-6-8-11-16-35(43,44)37(47,48)39(51,52)41(55,56)42(57,58)40(53,54)38(49,50)36(45,46)17-13-19-61-33(73)29(70)28(69)31(23(65)20-63)75-34-30(71)27(68)26(67)24(21-64)74-34/h22-24,26-31,34,63-65,67-71H,2-21,59H2,1H3,(H,60,72)(H,61,73)(H,62,66)/t22-,23+,24+,26-,27-,28+,29+,30+,31+,34-/m0/s1. The van der Waals surface area contributed by atoms with Crippen molar-refractivity contribution in [1.29, 1.82) is 0 Å². The largest absolute Gasteiger partial charge is 0.394 e. The summed E-state index contributed by atoms with van der Waals surface area (Å²) in [6, 6.07) is -0.793. The molecule has 0 unspecified atom stereocenters. The van der Waals surface area contributed by atoms with Gasteiger partial charge in [-0.05, 0) is 52.0 Å². The summed E-state index contributed by atoms with van der Waals surface area (Å²) in [5.74, 6) is -65.7. The molecule has 75 heavy (non-hydrogen) atoms. The predicted molar refractivity (Wildman–Crippen MR) is 225 cm³/mol. The maximum Gasteiger partial charge on any atom is 0.384 e. The second-order valence-electron chi connectivity index (χ2n) is 17.9. The van der Waals surface area contributed by atoms with Crippen molar-refractivity contribution in [3.8, 4) is 0 Å². The minimum absolute atomic E-state index is 0.00922. The zero-order chi connectivity index (χ0) is 58.2. The molecule has 0 bridgehead atoms. The van der Waals surface area contributed by atoms with Crippen molar-refractivity contribution in [1.82, 2.24) is 16.0 Å². The Balaban J connectivity index is 2.89. The Labute approximate surface area is 418 Å². The lowest BCUT2D eigenvalue weighted by Crippen LogP contribution is -2.74. The van der Waals surface area contributed by atoms with Crippen LogP contribution in [0.15, 0.2) is 0 Å². The van der Waals surface area contributed by atoms with Crippen molar-refractivity contribution in [2.45, 2.75) is 212 Å². The van der Waals surface area contributed by atoms with E-state index in [1.807, 2.05) is 0 Å². The lowest BCUT2D eigenvalue weighted by atomic mass is 9.86. The van der Waals surface area contributed by atoms with Gasteiger partial charge < -0.3 is 72.0 Å². The molecule has 10 atom stereocenters. The van der Waals surface area contributed by atoms with Gasteiger partial charge in [-0.1, -0.05) is 38.5 Å². The van der Waals surface area contributed by atoms with Crippen LogP contribution in [0, 0.1) is 0 Å². The highest BCUT2D eigenvalue weighted by molar-refractivity contribution is 5.87. The monoisotopic (exact) mass is 1140 g/mol. The first-order chi connectivity index (χ1) is 34.4. The highest BCUT2D eigenvalue weighted by Crippen LogP contribution is 2.64. The Kier molecular flexibility index (Phi) is 27.2. The molecule has 1 rings (SSSR count). The maximum absolute atomic E-state index is 14.6. The van der Waals surface area contributed by atoms with Crippen molar-refractivity contribution in [2.24, 2.45) is 5.73 Å². The predicted octanol–water partition coefficient (Wildman–Crippen LogP) is 2.88. The zero-order valence-corrected chi connectivity index (χ0v) is 40.2. The summed E-state index contributed by atoms with van der Waals surface area (Å²) in [6.07, 6.45) is -26.7. The SMILES string of the molecule is CCNC(=O)[C@H](CCCCN)NC(=O)CCCCCCCCCCC(F)(F)C(F)(F)C(F)(F)C(F)(F)C(F)(F)C(F)(F)C(F)(F)C(F)(F)CCCNC(=O)[C@H](O)[C@@H](O)[C@H](O[C@@H]1O[C@H](CO)[C@H](O)[C@H](O)[C@H]1O)[C@H](O)CO. The average molecular weight is 1140 g/mol. The second-order valence-corrected chi connectivity index (χ2v) is 17.9. The Hall–Kier alpha value is -3.15. The molecule has 0 spiro atoms. The number of carbonyl (C=O) groups is 3. The summed E-state index contributed by atoms with van der Waals surface area (Å²) in [5.41, 5.74) is 5.44. The molecule has 1 aliphatic heterocycles. The second kappa shape index (κ2) is 29.2. The smallest absolute Gasteiger partial charge is 0.384 e. The van der Waals surface area contributed by atoms with Crippen LogP contribution in [0.25, 0.3) is 0 Å². The molecule has 1 fully saturated rings. The normalized spacial score (nSPS) is 21.8. The number of amides is 3. The first-order valence-corrected chi connectivity index (χ1v) is 23.6. The van der Waals surface area contributed by atoms with Crippen LogP contribution < -0.4 is 21.7 Å². The Morgan fingerprint density at radius 3 is 1.53 bits per heavy atom. The number of aliphatic hydroxyl groups is 8. The third kappa shape index (κ3) is 16.7. The van der Waals surface area contributed by atoms with E-state index in [0.29, 0.717) is 58.0 Å². The fraction of sp³-hybridized carbons (Fsp3) is 0.929. The van der Waals surface area contributed by atoms with Crippen LogP contribution in [0.3, 0.4) is 0 Å². The van der Waals surface area contributed by atoms with E-state index in [1.54, 1.807) is 6.92 Å². The van der Waals surface area contributed by atoms with Gasteiger partial charge in [-0.15, -0.1) is 0 Å². The maximum atomic E-state index is 14.6. The van der Waals surface area contributed by atoms with Gasteiger partial charge in [-0.25, -0.2) is 0 Å². The number of rotatable bonds is 37. The summed E-state index contributed by atoms with van der Waals surface area (Å²) in [7, 11) is 0. The number of ether oxygens (including phenoxy) is 2. The van der Waals surface area contributed by atoms with E-state index in [1.165, 1.54) is 5.32 Å². The van der Waals surface area contributed by atoms with Gasteiger partial charge in [0, 0.05) is 32.4 Å². The molecule has 0 aromatic carbocycles. The number of halogens is 16. The van der Waals surface area contributed by atoms with Crippen LogP contribution in [0.1, 0.15) is 103 Å². The average Bonchev–Trinajstić information content (AvgIpc) is 3.33. The first-order valence-electron chi connectivity index (χ1n) is 23.6. The molecule has 1 heterocycles. The Morgan fingerprint density at radius 1 is 0.600 bits per heavy atom. The molecule has 17 nitrogen and oxygen atoms in total. The van der Waals surface area contributed by atoms with Crippen LogP contribution in [0.5, 0.6) is 0 Å². The van der Waals surface area contributed by atoms with Crippen LogP contribution in [0.2, 0.25) is 0 Å². The molecular formula is C42H66F16N4O13. The lowest BCUT2D eigenvalue weighted by Gasteiger charge is -2.43. The summed E-state index contributed by atoms with van der Waals surface area (Å²) < 4.78 is 242. The molecular weight excluding hydrogens is 1070 g/mol. The molecule has 0 radical (unpaired) electrons. The fourth-order valence-corrected chi connectivity index (χ4v) is 7.38. The topological polar surface area (TPSA) is 294 Å². The van der Waals surface area contributed by atoms with Crippen molar-refractivity contribution in [3.05, 3.63) is 0 Å². The highest BCUT2D eigenvalue weighted by atomic mass is 19.4. The van der Waals surface area contributed by atoms with E-state index in [-0.39, 0.29) is 25.2 Å². The molecule has 3 amide bonds. The summed E-state index contributed by atoms with van der Waals surface area (Å²) >= 11 is 0. The quantitative estimate of drug-likeness (QED) is 0.0315. The zero-order valence-electron chi connectivity index (χ0n) is 40.2. The third-order valence-electron chi connectivity index (χ3n) is 12.1. The van der Waals surface area contributed by atoms with Crippen LogP contribution in [-0.2, 0) is 23.9 Å². The van der Waals surface area contributed by atoms with E-state index in [2.05, 4.69) is 10.6 Å². The van der Waals surface area contributed by atoms with Crippen LogP contribution in [-0.4, -0.2) is 200 Å². The molecule has 0 aromatic rings. The molecule has 444 valence electrons. The van der Waals surface area contributed by atoms with Gasteiger partial charge in [0.25, 0.3) is 5.91 Å². The van der Waals surface area contributed by atoms with Crippen molar-refractivity contribution in [3.63, 3.8) is 0 Å². The first kappa shape index (κ1) is 69.9. The Morgan fingerprint density at radius 2 is 1.07 bits per heavy atom. The van der Waals surface area contributed by atoms with E-state index < -0.39 is 172 Å². The van der Waals surface area contributed by atoms with E-state index in [0.717, 1.165) is 0 Å². The van der Waals surface area contributed by atoms with Crippen LogP contribution >= 0.6 is 0 Å². The fourth-order valence-electron chi connectivity index (χ4n) is 7.38. The summed E-state index contributed by atoms with van der Waals surface area (Å²) in [6.45, 7) is -1.61. The number of hydrogen-bond donors (Lipinski definition) is 12. The van der Waals surface area contributed by atoms with Crippen molar-refractivity contribution in [2.75, 3.05) is 32.8 Å². The number of nitrogens with two attached hydrogens (primary N) is 1. The van der Waals surface area contributed by atoms with E-state index in [4.69, 9.17) is 15.2 Å². The molecule has 0 aromatic heterocycles. The molecule has 33 heteroatoms. The number of alkyl halides is 16. The minimum atomic E-state index is -8.67. The summed E-state index contributed by atoms with van der Waals surface area (Å²) in [5, 5.41) is 85.8. The number of aliphatic hydroxyl groups excluding tert-OH is 8. The molecule has 0 aliphatic carbocycles. The van der Waals surface area contributed by atoms with Gasteiger partial charge in [0.15, 0.2) is 12.4 Å². The van der Waals surface area contributed by atoms with Gasteiger partial charge in [-0.2, -0.15) is 70.2 Å². The Bertz CT molecular complexity index is 1750. The van der Waals surface area contributed by atoms with Crippen molar-refractivity contribution < 1.29 is 135 Å². The number of unbranched alkanes of at least 4 members (excludes halogenated alkanes) is 8. The molecule has 1 saturated heterocycles. The molecule has 1 aliphatic rings. The van der Waals surface area contributed by atoms with Crippen molar-refractivity contribution >= 4 is 17.7 Å². The minimum Gasteiger partial charge on any atom is -0.394 e. The van der Waals surface area contributed by atoms with E-state index >= 15 is 0 Å². The number of likely N-dealkylation sites (N-methyl/N-ethyl adjacent to an activating group) is 1. The van der Waals surface area contributed by atoms with Gasteiger partial charge in [0.1, 0.15) is 48.8 Å². The number of hydrogen-bond acceptors (Lipinski definition) is 14. The third-order valence-corrected chi connectivity index (χ3v) is 12.1. The van der Waals surface area contributed by atoms with Gasteiger partial charge in [0.2, 0.25) is 11.8 Å². The van der Waals surface area contributed by atoms with Gasteiger partial charge in [0.05, 0.1) is 13.2 Å². The highest BCUT2D eigenvalue weighted by Gasteiger charge is 2.94. The lowest BCUT2D eigenvalue weighted by molar-refractivity contribution is -0.453. The van der Waals surface area contributed by atoms with E-state index in [9.17, 15) is 125 Å². The van der Waals surface area contributed by atoms with Gasteiger partial charge in [-0.3, -0.25) is 14.4 Å². The molecule has 13 N–H and O–H groups in total. The van der Waals surface area contributed by atoms with Gasteiger partial charge >= 0.3 is 47.4 Å². The number of carbonyl (C=O) groups excluding carboxylic acids is 3. The van der Waals surface area contributed by atoms with Crippen LogP contribution in [0.4, 0.5) is 70.2 Å². The summed E-state index contributed by atoms with van der Waals surface area (Å²) in [4.78, 5) is 36.9. The molecule has 0 saturated carbocycles. The number of nitrogens with one attached hydrogen (secondary N) is 3.